The second-order valence-corrected chi connectivity index (χ2v) is 2.83. The van der Waals surface area contributed by atoms with Gasteiger partial charge in [-0.15, -0.1) is 0 Å². The molecule has 0 aliphatic heterocycles. The quantitative estimate of drug-likeness (QED) is 0.768. The number of ether oxygens (including phenoxy) is 1. The second-order valence-electron chi connectivity index (χ2n) is 2.83. The van der Waals surface area contributed by atoms with E-state index in [9.17, 15) is 0 Å². The molecule has 2 heteroatoms. The Labute approximate surface area is 78.5 Å². The molecule has 0 saturated heterocycles. The lowest BCUT2D eigenvalue weighted by atomic mass is 10.0. The zero-order chi connectivity index (χ0) is 9.84. The summed E-state index contributed by atoms with van der Waals surface area (Å²) < 4.78 is 5.20. The predicted octanol–water partition coefficient (Wildman–Crippen LogP) is 2.14. The van der Waals surface area contributed by atoms with Gasteiger partial charge in [-0.3, -0.25) is 0 Å². The van der Waals surface area contributed by atoms with E-state index in [4.69, 9.17) is 9.84 Å². The Morgan fingerprint density at radius 2 is 2.23 bits per heavy atom. The van der Waals surface area contributed by atoms with Gasteiger partial charge in [0.25, 0.3) is 0 Å². The summed E-state index contributed by atoms with van der Waals surface area (Å²) in [6.07, 6.45) is 1.78. The van der Waals surface area contributed by atoms with Crippen LogP contribution in [0, 0.1) is 6.92 Å². The Hall–Kier alpha value is -1.28. The maximum absolute atomic E-state index is 9.03. The fourth-order valence-corrected chi connectivity index (χ4v) is 1.39. The van der Waals surface area contributed by atoms with E-state index in [1.54, 1.807) is 13.2 Å². The number of benzene rings is 1. The molecule has 0 fully saturated rings. The van der Waals surface area contributed by atoms with Gasteiger partial charge in [-0.05, 0) is 18.1 Å². The Morgan fingerprint density at radius 3 is 2.69 bits per heavy atom. The number of rotatable bonds is 3. The van der Waals surface area contributed by atoms with Crippen molar-refractivity contribution in [3.63, 3.8) is 0 Å². The lowest BCUT2D eigenvalue weighted by molar-refractivity contribution is 0.273. The fourth-order valence-electron chi connectivity index (χ4n) is 1.39. The van der Waals surface area contributed by atoms with Gasteiger partial charge in [-0.1, -0.05) is 24.8 Å². The van der Waals surface area contributed by atoms with Crippen LogP contribution in [0.3, 0.4) is 0 Å². The molecule has 0 aliphatic carbocycles. The highest BCUT2D eigenvalue weighted by molar-refractivity contribution is 5.58. The fraction of sp³-hybridized carbons (Fsp3) is 0.273. The van der Waals surface area contributed by atoms with Gasteiger partial charge >= 0.3 is 0 Å². The zero-order valence-corrected chi connectivity index (χ0v) is 8.00. The SMILES string of the molecule is C=Cc1ccc(CO)c(OC)c1C. The topological polar surface area (TPSA) is 29.5 Å². The van der Waals surface area contributed by atoms with Crippen LogP contribution in [0.15, 0.2) is 18.7 Å². The summed E-state index contributed by atoms with van der Waals surface area (Å²) in [5.41, 5.74) is 2.86. The van der Waals surface area contributed by atoms with Crippen molar-refractivity contribution in [2.24, 2.45) is 0 Å². The van der Waals surface area contributed by atoms with Gasteiger partial charge in [0.2, 0.25) is 0 Å². The van der Waals surface area contributed by atoms with E-state index in [-0.39, 0.29) is 6.61 Å². The first-order valence-corrected chi connectivity index (χ1v) is 4.14. The molecule has 0 saturated carbocycles. The molecule has 1 rings (SSSR count). The maximum Gasteiger partial charge on any atom is 0.127 e. The molecular formula is C11H14O2. The lowest BCUT2D eigenvalue weighted by Crippen LogP contribution is -1.96. The third kappa shape index (κ3) is 1.73. The van der Waals surface area contributed by atoms with Crippen molar-refractivity contribution < 1.29 is 9.84 Å². The molecule has 0 amide bonds. The van der Waals surface area contributed by atoms with Gasteiger partial charge in [-0.25, -0.2) is 0 Å². The number of hydrogen-bond acceptors (Lipinski definition) is 2. The van der Waals surface area contributed by atoms with E-state index in [1.165, 1.54) is 0 Å². The molecule has 0 spiro atoms. The molecule has 1 aromatic rings. The average Bonchev–Trinajstić information content (AvgIpc) is 2.17. The molecule has 0 radical (unpaired) electrons. The van der Waals surface area contributed by atoms with Crippen LogP contribution in [0.1, 0.15) is 16.7 Å². The smallest absolute Gasteiger partial charge is 0.127 e. The van der Waals surface area contributed by atoms with Gasteiger partial charge in [0.05, 0.1) is 13.7 Å². The minimum Gasteiger partial charge on any atom is -0.496 e. The van der Waals surface area contributed by atoms with E-state index in [0.717, 1.165) is 22.4 Å². The van der Waals surface area contributed by atoms with Gasteiger partial charge in [0.1, 0.15) is 5.75 Å². The molecule has 70 valence electrons. The second kappa shape index (κ2) is 4.10. The number of aliphatic hydroxyl groups is 1. The molecular weight excluding hydrogens is 164 g/mol. The molecule has 2 nitrogen and oxygen atoms in total. The third-order valence-corrected chi connectivity index (χ3v) is 2.12. The highest BCUT2D eigenvalue weighted by Crippen LogP contribution is 2.26. The molecule has 0 heterocycles. The van der Waals surface area contributed by atoms with Crippen LogP contribution in [-0.2, 0) is 6.61 Å². The molecule has 0 unspecified atom stereocenters. The first-order valence-electron chi connectivity index (χ1n) is 4.14. The van der Waals surface area contributed by atoms with Crippen molar-refractivity contribution in [3.05, 3.63) is 35.4 Å². The molecule has 1 N–H and O–H groups in total. The maximum atomic E-state index is 9.03. The van der Waals surface area contributed by atoms with Gasteiger partial charge < -0.3 is 9.84 Å². The molecule has 0 atom stereocenters. The van der Waals surface area contributed by atoms with E-state index < -0.39 is 0 Å². The Morgan fingerprint density at radius 1 is 1.54 bits per heavy atom. The van der Waals surface area contributed by atoms with Crippen molar-refractivity contribution in [2.75, 3.05) is 7.11 Å². The van der Waals surface area contributed by atoms with Crippen LogP contribution in [0.4, 0.5) is 0 Å². The van der Waals surface area contributed by atoms with Crippen LogP contribution < -0.4 is 4.74 Å². The lowest BCUT2D eigenvalue weighted by Gasteiger charge is -2.11. The van der Waals surface area contributed by atoms with Gasteiger partial charge in [0.15, 0.2) is 0 Å². The van der Waals surface area contributed by atoms with Crippen molar-refractivity contribution in [1.29, 1.82) is 0 Å². The Kier molecular flexibility index (Phi) is 3.09. The normalized spacial score (nSPS) is 9.77. The molecule has 0 aromatic heterocycles. The molecule has 13 heavy (non-hydrogen) atoms. The summed E-state index contributed by atoms with van der Waals surface area (Å²) in [7, 11) is 1.61. The van der Waals surface area contributed by atoms with Crippen LogP contribution in [0.25, 0.3) is 6.08 Å². The minimum atomic E-state index is 0.00142. The predicted molar refractivity (Wildman–Crippen MR) is 53.7 cm³/mol. The Balaban J connectivity index is 3.31. The molecule has 0 bridgehead atoms. The average molecular weight is 178 g/mol. The van der Waals surface area contributed by atoms with Crippen LogP contribution >= 0.6 is 0 Å². The number of hydrogen-bond donors (Lipinski definition) is 1. The monoisotopic (exact) mass is 178 g/mol. The standard InChI is InChI=1S/C11H14O2/c1-4-9-5-6-10(7-12)11(13-3)8(9)2/h4-6,12H,1,7H2,2-3H3. The van der Waals surface area contributed by atoms with E-state index >= 15 is 0 Å². The third-order valence-electron chi connectivity index (χ3n) is 2.12. The van der Waals surface area contributed by atoms with Crippen LogP contribution in [0.2, 0.25) is 0 Å². The van der Waals surface area contributed by atoms with Gasteiger partial charge in [0, 0.05) is 5.56 Å². The van der Waals surface area contributed by atoms with Crippen molar-refractivity contribution in [1.82, 2.24) is 0 Å². The number of methoxy groups -OCH3 is 1. The van der Waals surface area contributed by atoms with Gasteiger partial charge in [-0.2, -0.15) is 0 Å². The van der Waals surface area contributed by atoms with Crippen LogP contribution in [0.5, 0.6) is 5.75 Å². The van der Waals surface area contributed by atoms with Crippen LogP contribution in [-0.4, -0.2) is 12.2 Å². The minimum absolute atomic E-state index is 0.00142. The molecule has 1 aromatic carbocycles. The van der Waals surface area contributed by atoms with Crippen molar-refractivity contribution in [3.8, 4) is 5.75 Å². The Bertz CT molecular complexity index is 316. The van der Waals surface area contributed by atoms with E-state index in [1.807, 2.05) is 19.1 Å². The summed E-state index contributed by atoms with van der Waals surface area (Å²) in [6.45, 7) is 5.66. The summed E-state index contributed by atoms with van der Waals surface area (Å²) in [5, 5.41) is 9.03. The number of aliphatic hydroxyl groups excluding tert-OH is 1. The summed E-state index contributed by atoms with van der Waals surface area (Å²) >= 11 is 0. The first kappa shape index (κ1) is 9.81. The van der Waals surface area contributed by atoms with E-state index in [0.29, 0.717) is 0 Å². The summed E-state index contributed by atoms with van der Waals surface area (Å²) in [6, 6.07) is 3.78. The summed E-state index contributed by atoms with van der Waals surface area (Å²) in [4.78, 5) is 0. The summed E-state index contributed by atoms with van der Waals surface area (Å²) in [5.74, 6) is 0.750. The zero-order valence-electron chi connectivity index (χ0n) is 8.00. The van der Waals surface area contributed by atoms with Crippen molar-refractivity contribution >= 4 is 6.08 Å². The van der Waals surface area contributed by atoms with E-state index in [2.05, 4.69) is 6.58 Å². The molecule has 0 aliphatic rings. The first-order chi connectivity index (χ1) is 6.24. The highest BCUT2D eigenvalue weighted by Gasteiger charge is 2.07. The van der Waals surface area contributed by atoms with Crippen molar-refractivity contribution in [2.45, 2.75) is 13.5 Å². The highest BCUT2D eigenvalue weighted by atomic mass is 16.5. The largest absolute Gasteiger partial charge is 0.496 e.